The van der Waals surface area contributed by atoms with Crippen molar-refractivity contribution in [1.29, 1.82) is 0 Å². The zero-order valence-corrected chi connectivity index (χ0v) is 17.4. The number of hydrogen-bond acceptors (Lipinski definition) is 6. The predicted molar refractivity (Wildman–Crippen MR) is 117 cm³/mol. The largest absolute Gasteiger partial charge is 0.461 e. The van der Waals surface area contributed by atoms with Crippen molar-refractivity contribution in [3.63, 3.8) is 0 Å². The first kappa shape index (κ1) is 22.6. The van der Waals surface area contributed by atoms with Gasteiger partial charge < -0.3 is 31.2 Å². The quantitative estimate of drug-likeness (QED) is 0.160. The summed E-state index contributed by atoms with van der Waals surface area (Å²) in [5, 5.41) is 16.9. The highest BCUT2D eigenvalue weighted by Crippen LogP contribution is 2.22. The molecular weight excluding hydrogens is 414 g/mol. The molecule has 10 heteroatoms. The molecule has 0 aliphatic carbocycles. The number of carbonyl (C=O) groups excluding carboxylic acids is 3. The Morgan fingerprint density at radius 2 is 1.88 bits per heavy atom. The van der Waals surface area contributed by atoms with Crippen LogP contribution < -0.4 is 21.3 Å². The summed E-state index contributed by atoms with van der Waals surface area (Å²) in [7, 11) is 0. The van der Waals surface area contributed by atoms with Crippen molar-refractivity contribution in [2.24, 2.45) is 10.9 Å². The van der Waals surface area contributed by atoms with E-state index in [0.29, 0.717) is 24.2 Å². The van der Waals surface area contributed by atoms with E-state index >= 15 is 0 Å². The highest BCUT2D eigenvalue weighted by Gasteiger charge is 2.33. The summed E-state index contributed by atoms with van der Waals surface area (Å²) < 4.78 is 5.15. The summed E-state index contributed by atoms with van der Waals surface area (Å²) in [5.41, 5.74) is 7.60. The molecule has 32 heavy (non-hydrogen) atoms. The van der Waals surface area contributed by atoms with Gasteiger partial charge in [0.05, 0.1) is 6.42 Å². The molecule has 1 aliphatic rings. The number of rotatable bonds is 8. The molecule has 1 saturated heterocycles. The van der Waals surface area contributed by atoms with Gasteiger partial charge in [0.25, 0.3) is 0 Å². The fourth-order valence-corrected chi connectivity index (χ4v) is 3.24. The van der Waals surface area contributed by atoms with Crippen molar-refractivity contribution in [3.8, 4) is 0 Å². The molecule has 0 spiro atoms. The molecule has 2 aromatic rings. The van der Waals surface area contributed by atoms with E-state index in [1.165, 1.54) is 0 Å². The average Bonchev–Trinajstić information content (AvgIpc) is 3.17. The number of ether oxygens (including phenoxy) is 1. The molecule has 0 aromatic heterocycles. The van der Waals surface area contributed by atoms with Crippen LogP contribution in [0.1, 0.15) is 24.0 Å². The number of anilines is 1. The van der Waals surface area contributed by atoms with Crippen LogP contribution in [0, 0.1) is 0 Å². The van der Waals surface area contributed by atoms with Crippen LogP contribution in [-0.4, -0.2) is 48.1 Å². The molecule has 0 bridgehead atoms. The van der Waals surface area contributed by atoms with Crippen LogP contribution in [0.4, 0.5) is 10.5 Å². The van der Waals surface area contributed by atoms with Crippen LogP contribution in [0.25, 0.3) is 0 Å². The second-order valence-electron chi connectivity index (χ2n) is 7.16. The van der Waals surface area contributed by atoms with Crippen LogP contribution >= 0.6 is 0 Å². The van der Waals surface area contributed by atoms with Gasteiger partial charge in [-0.2, -0.15) is 0 Å². The van der Waals surface area contributed by atoms with E-state index in [-0.39, 0.29) is 31.3 Å². The Morgan fingerprint density at radius 3 is 2.56 bits per heavy atom. The number of esters is 1. The number of nitrogens with zero attached hydrogens (tertiary/aromatic N) is 2. The van der Waals surface area contributed by atoms with Gasteiger partial charge in [-0.1, -0.05) is 35.5 Å². The van der Waals surface area contributed by atoms with Gasteiger partial charge in [0, 0.05) is 24.3 Å². The number of nitrogens with one attached hydrogen (secondary N) is 2. The molecule has 1 fully saturated rings. The van der Waals surface area contributed by atoms with Gasteiger partial charge in [-0.15, -0.1) is 0 Å². The maximum absolute atomic E-state index is 12.6. The molecular formula is C22H25N5O5. The lowest BCUT2D eigenvalue weighted by molar-refractivity contribution is -0.144. The first-order valence-corrected chi connectivity index (χ1v) is 10.1. The zero-order chi connectivity index (χ0) is 22.9. The third kappa shape index (κ3) is 5.97. The third-order valence-electron chi connectivity index (χ3n) is 4.95. The molecule has 5 N–H and O–H groups in total. The number of hydrogen-bond donors (Lipinski definition) is 4. The molecule has 2 aromatic carbocycles. The maximum atomic E-state index is 12.6. The normalized spacial score (nSPS) is 16.0. The Morgan fingerprint density at radius 1 is 1.16 bits per heavy atom. The monoisotopic (exact) mass is 439 g/mol. The Hall–Kier alpha value is -4.08. The lowest BCUT2D eigenvalue weighted by Crippen LogP contribution is -2.46. The number of amidine groups is 1. The minimum Gasteiger partial charge on any atom is -0.461 e. The molecule has 168 valence electrons. The summed E-state index contributed by atoms with van der Waals surface area (Å²) in [6, 6.07) is 14.8. The summed E-state index contributed by atoms with van der Waals surface area (Å²) in [6.07, 6.45) is 0.477. The van der Waals surface area contributed by atoms with Gasteiger partial charge in [0.2, 0.25) is 5.91 Å². The van der Waals surface area contributed by atoms with Gasteiger partial charge in [0.15, 0.2) is 5.84 Å². The summed E-state index contributed by atoms with van der Waals surface area (Å²) in [5.74, 6) is -0.684. The number of oxime groups is 1. The van der Waals surface area contributed by atoms with Crippen LogP contribution in [0.2, 0.25) is 0 Å². The summed E-state index contributed by atoms with van der Waals surface area (Å²) in [6.45, 7) is 0.719. The van der Waals surface area contributed by atoms with Crippen molar-refractivity contribution in [1.82, 2.24) is 10.6 Å². The van der Waals surface area contributed by atoms with E-state index in [2.05, 4.69) is 15.8 Å². The van der Waals surface area contributed by atoms with Gasteiger partial charge >= 0.3 is 12.0 Å². The SMILES string of the molecule is NC(=NO)c1ccc(N2CCC(NC(=O)NCCC(=O)OCc3ccccc3)C2=O)cc1. The van der Waals surface area contributed by atoms with E-state index in [0.717, 1.165) is 5.56 Å². The molecule has 3 amide bonds. The van der Waals surface area contributed by atoms with Crippen molar-refractivity contribution in [3.05, 3.63) is 65.7 Å². The molecule has 0 saturated carbocycles. The molecule has 1 heterocycles. The fraction of sp³-hybridized carbons (Fsp3) is 0.273. The van der Waals surface area contributed by atoms with Gasteiger partial charge in [0.1, 0.15) is 12.6 Å². The molecule has 3 rings (SSSR count). The second kappa shape index (κ2) is 10.8. The first-order valence-electron chi connectivity index (χ1n) is 10.1. The van der Waals surface area contributed by atoms with Crippen molar-refractivity contribution in [2.45, 2.75) is 25.5 Å². The van der Waals surface area contributed by atoms with Crippen LogP contribution in [-0.2, 0) is 20.9 Å². The van der Waals surface area contributed by atoms with Gasteiger partial charge in [-0.05, 0) is 36.2 Å². The van der Waals surface area contributed by atoms with E-state index < -0.39 is 18.0 Å². The molecule has 0 radical (unpaired) electrons. The number of urea groups is 1. The van der Waals surface area contributed by atoms with Gasteiger partial charge in [-0.25, -0.2) is 4.79 Å². The summed E-state index contributed by atoms with van der Waals surface area (Å²) >= 11 is 0. The second-order valence-corrected chi connectivity index (χ2v) is 7.16. The maximum Gasteiger partial charge on any atom is 0.315 e. The average molecular weight is 439 g/mol. The highest BCUT2D eigenvalue weighted by atomic mass is 16.5. The minimum absolute atomic E-state index is 0.0236. The highest BCUT2D eigenvalue weighted by molar-refractivity contribution is 6.02. The molecule has 10 nitrogen and oxygen atoms in total. The third-order valence-corrected chi connectivity index (χ3v) is 4.95. The summed E-state index contributed by atoms with van der Waals surface area (Å²) in [4.78, 5) is 38.1. The smallest absolute Gasteiger partial charge is 0.315 e. The van der Waals surface area contributed by atoms with E-state index in [4.69, 9.17) is 15.7 Å². The molecule has 1 atom stereocenters. The standard InChI is InChI=1S/C22H25N5O5/c23-20(26-31)16-6-8-17(9-7-16)27-13-11-18(21(27)29)25-22(30)24-12-10-19(28)32-14-15-4-2-1-3-5-15/h1-9,18,31H,10-14H2,(H2,23,26)(H2,24,25,30). The molecule has 1 unspecified atom stereocenters. The number of benzene rings is 2. The van der Waals surface area contributed by atoms with Crippen molar-refractivity contribution in [2.75, 3.05) is 18.0 Å². The fourth-order valence-electron chi connectivity index (χ4n) is 3.24. The van der Waals surface area contributed by atoms with Gasteiger partial charge in [-0.3, -0.25) is 9.59 Å². The number of carbonyl (C=O) groups is 3. The molecule has 1 aliphatic heterocycles. The zero-order valence-electron chi connectivity index (χ0n) is 17.4. The van der Waals surface area contributed by atoms with Crippen LogP contribution in [0.15, 0.2) is 59.8 Å². The number of amides is 3. The van der Waals surface area contributed by atoms with E-state index in [1.54, 1.807) is 29.2 Å². The topological polar surface area (TPSA) is 146 Å². The van der Waals surface area contributed by atoms with E-state index in [9.17, 15) is 14.4 Å². The Labute approximate surface area is 185 Å². The lowest BCUT2D eigenvalue weighted by atomic mass is 10.2. The Kier molecular flexibility index (Phi) is 7.63. The van der Waals surface area contributed by atoms with E-state index in [1.807, 2.05) is 30.3 Å². The van der Waals surface area contributed by atoms with Crippen molar-refractivity contribution >= 4 is 29.4 Å². The Balaban J connectivity index is 1.40. The van der Waals surface area contributed by atoms with Crippen LogP contribution in [0.3, 0.4) is 0 Å². The number of nitrogens with two attached hydrogens (primary N) is 1. The Bertz CT molecular complexity index is 978. The lowest BCUT2D eigenvalue weighted by Gasteiger charge is -2.18. The minimum atomic E-state index is -0.663. The predicted octanol–water partition coefficient (Wildman–Crippen LogP) is 1.32. The first-order chi connectivity index (χ1) is 15.5. The van der Waals surface area contributed by atoms with Crippen molar-refractivity contribution < 1.29 is 24.3 Å². The van der Waals surface area contributed by atoms with Crippen LogP contribution in [0.5, 0.6) is 0 Å².